The van der Waals surface area contributed by atoms with E-state index in [1.165, 1.54) is 7.17 Å². The van der Waals surface area contributed by atoms with Crippen LogP contribution in [-0.2, 0) is 9.59 Å². The molecule has 0 saturated carbocycles. The van der Waals surface area contributed by atoms with Gasteiger partial charge in [-0.05, 0) is 25.8 Å². The van der Waals surface area contributed by atoms with E-state index < -0.39 is 23.6 Å². The van der Waals surface area contributed by atoms with Gasteiger partial charge in [0, 0.05) is 26.3 Å². The van der Waals surface area contributed by atoms with Crippen LogP contribution < -0.4 is 10.9 Å². The maximum atomic E-state index is 13.4. The number of aromatic nitrogens is 1. The summed E-state index contributed by atoms with van der Waals surface area (Å²) in [6.07, 6.45) is -0.359. The van der Waals surface area contributed by atoms with Gasteiger partial charge in [0.15, 0.2) is 0 Å². The van der Waals surface area contributed by atoms with Crippen LogP contribution in [0.4, 0.5) is 0 Å². The molecular formula is C17H23B2N4O4. The van der Waals surface area contributed by atoms with E-state index in [0.29, 0.717) is 23.6 Å². The molecule has 1 fully saturated rings. The fourth-order valence-electron chi connectivity index (χ4n) is 3.57. The van der Waals surface area contributed by atoms with Crippen LogP contribution in [-0.4, -0.2) is 71.9 Å². The average Bonchev–Trinajstić information content (AvgIpc) is 3.26. The van der Waals surface area contributed by atoms with E-state index in [9.17, 15) is 14.7 Å². The predicted molar refractivity (Wildman–Crippen MR) is 101 cm³/mol. The summed E-state index contributed by atoms with van der Waals surface area (Å²) in [6.45, 7) is 7.42. The summed E-state index contributed by atoms with van der Waals surface area (Å²) in [6, 6.07) is 1.16. The summed E-state index contributed by atoms with van der Waals surface area (Å²) in [5.41, 5.74) is -0.429. The first kappa shape index (κ1) is 19.7. The Labute approximate surface area is 160 Å². The Morgan fingerprint density at radius 1 is 1.52 bits per heavy atom. The third-order valence-corrected chi connectivity index (χ3v) is 5.03. The Kier molecular flexibility index (Phi) is 5.20. The zero-order valence-electron chi connectivity index (χ0n) is 16.0. The number of nitrogens with zero attached hydrogens (tertiary/aromatic N) is 3. The van der Waals surface area contributed by atoms with Crippen molar-refractivity contribution in [1.29, 1.82) is 0 Å². The van der Waals surface area contributed by atoms with Crippen molar-refractivity contribution in [3.63, 3.8) is 0 Å². The van der Waals surface area contributed by atoms with E-state index in [0.717, 1.165) is 0 Å². The molecule has 2 N–H and O–H groups in total. The highest BCUT2D eigenvalue weighted by molar-refractivity contribution is 6.97. The van der Waals surface area contributed by atoms with Gasteiger partial charge in [-0.15, -0.1) is 0 Å². The average molecular weight is 369 g/mol. The lowest BCUT2D eigenvalue weighted by atomic mass is 9.53. The summed E-state index contributed by atoms with van der Waals surface area (Å²) >= 11 is 0. The number of carbonyl (C=O) groups excluding carboxylic acids is 2. The molecule has 2 aliphatic heterocycles. The number of likely N-dealkylation sites (tertiary alicyclic amines) is 1. The minimum Gasteiger partial charge on any atom is -0.391 e. The van der Waals surface area contributed by atoms with Crippen molar-refractivity contribution >= 4 is 38.2 Å². The van der Waals surface area contributed by atoms with E-state index in [1.54, 1.807) is 24.8 Å². The van der Waals surface area contributed by atoms with Crippen molar-refractivity contribution in [2.24, 2.45) is 10.9 Å². The number of hydrogen-bond acceptors (Lipinski definition) is 6. The lowest BCUT2D eigenvalue weighted by Gasteiger charge is -2.29. The van der Waals surface area contributed by atoms with Crippen LogP contribution in [0.15, 0.2) is 15.6 Å². The van der Waals surface area contributed by atoms with Gasteiger partial charge in [-0.25, -0.2) is 0 Å². The van der Waals surface area contributed by atoms with Crippen molar-refractivity contribution in [2.45, 2.75) is 57.7 Å². The SMILES string of the molecule is [B][B]c1cc(C(C(=O)N2CC(O)CC2C2=NC(C)(C)C(=O)N2)C(C)C)on1. The highest BCUT2D eigenvalue weighted by Gasteiger charge is 2.46. The first-order valence-corrected chi connectivity index (χ1v) is 9.05. The minimum atomic E-state index is -0.883. The molecule has 1 aromatic heterocycles. The number of aliphatic imine (C=N–C) groups is 1. The molecule has 3 atom stereocenters. The Bertz CT molecular complexity index is 777. The highest BCUT2D eigenvalue weighted by atomic mass is 16.5. The lowest BCUT2D eigenvalue weighted by Crippen LogP contribution is -2.48. The van der Waals surface area contributed by atoms with Crippen LogP contribution in [0.2, 0.25) is 0 Å². The van der Waals surface area contributed by atoms with Gasteiger partial charge in [0.05, 0.1) is 12.1 Å². The molecule has 3 radical (unpaired) electrons. The summed E-state index contributed by atoms with van der Waals surface area (Å²) < 4.78 is 5.33. The van der Waals surface area contributed by atoms with E-state index in [-0.39, 0.29) is 24.3 Å². The second-order valence-electron chi connectivity index (χ2n) is 7.95. The molecule has 0 bridgehead atoms. The minimum absolute atomic E-state index is 0.0639. The number of nitrogens with one attached hydrogen (secondary N) is 1. The largest absolute Gasteiger partial charge is 0.391 e. The Balaban J connectivity index is 1.89. The van der Waals surface area contributed by atoms with Crippen molar-refractivity contribution in [2.75, 3.05) is 6.54 Å². The highest BCUT2D eigenvalue weighted by Crippen LogP contribution is 2.31. The van der Waals surface area contributed by atoms with Gasteiger partial charge in [0.1, 0.15) is 30.2 Å². The van der Waals surface area contributed by atoms with Gasteiger partial charge < -0.3 is 19.8 Å². The molecule has 3 heterocycles. The van der Waals surface area contributed by atoms with Crippen LogP contribution in [0.5, 0.6) is 0 Å². The maximum absolute atomic E-state index is 13.4. The molecule has 27 heavy (non-hydrogen) atoms. The molecule has 1 aromatic rings. The van der Waals surface area contributed by atoms with Gasteiger partial charge in [-0.1, -0.05) is 19.0 Å². The summed E-state index contributed by atoms with van der Waals surface area (Å²) in [7, 11) is 6.77. The number of aliphatic hydroxyl groups is 1. The predicted octanol–water partition coefficient (Wildman–Crippen LogP) is -0.904. The van der Waals surface area contributed by atoms with Crippen LogP contribution >= 0.6 is 0 Å². The number of β-amino-alcohol motifs (C(OH)–C–C–N with tert-alkyl or cyclic N) is 1. The molecule has 1 saturated heterocycles. The van der Waals surface area contributed by atoms with E-state index in [1.807, 2.05) is 13.8 Å². The molecule has 3 unspecified atom stereocenters. The second kappa shape index (κ2) is 7.14. The van der Waals surface area contributed by atoms with Gasteiger partial charge in [0.25, 0.3) is 5.91 Å². The second-order valence-corrected chi connectivity index (χ2v) is 7.95. The molecule has 2 aliphatic rings. The van der Waals surface area contributed by atoms with Crippen LogP contribution in [0, 0.1) is 5.92 Å². The molecule has 8 nitrogen and oxygen atoms in total. The third kappa shape index (κ3) is 3.67. The molecular weight excluding hydrogens is 346 g/mol. The van der Waals surface area contributed by atoms with E-state index >= 15 is 0 Å². The van der Waals surface area contributed by atoms with Gasteiger partial charge in [-0.2, -0.15) is 0 Å². The number of aliphatic hydroxyl groups excluding tert-OH is 1. The first-order valence-electron chi connectivity index (χ1n) is 9.05. The summed E-state index contributed by atoms with van der Waals surface area (Å²) in [5, 5.41) is 16.8. The van der Waals surface area contributed by atoms with Crippen LogP contribution in [0.3, 0.4) is 0 Å². The Morgan fingerprint density at radius 2 is 2.22 bits per heavy atom. The maximum Gasteiger partial charge on any atom is 0.252 e. The fraction of sp³-hybridized carbons (Fsp3) is 0.647. The first-order chi connectivity index (χ1) is 12.6. The molecule has 3 rings (SSSR count). The molecule has 10 heteroatoms. The molecule has 2 amide bonds. The molecule has 0 aromatic carbocycles. The topological polar surface area (TPSA) is 108 Å². The van der Waals surface area contributed by atoms with Gasteiger partial charge in [-0.3, -0.25) is 14.6 Å². The molecule has 0 aliphatic carbocycles. The molecule has 0 spiro atoms. The standard InChI is InChI=1S/C17H23B2N4O4/c1-8(2)13(11-6-12(19-18)22-27-11)15(25)23-7-9(24)5-10(23)14-20-16(26)17(3,4)21-14/h6,8-10,13,24H,5,7H2,1-4H3,(H,20,21,26). The number of carbonyl (C=O) groups is 2. The van der Waals surface area contributed by atoms with Gasteiger partial charge in [0.2, 0.25) is 5.91 Å². The summed E-state index contributed by atoms with van der Waals surface area (Å²) in [5.74, 6) is -0.218. The van der Waals surface area contributed by atoms with Crippen molar-refractivity contribution in [3.8, 4) is 0 Å². The van der Waals surface area contributed by atoms with Crippen molar-refractivity contribution in [1.82, 2.24) is 15.4 Å². The monoisotopic (exact) mass is 369 g/mol. The van der Waals surface area contributed by atoms with Crippen LogP contribution in [0.1, 0.15) is 45.8 Å². The van der Waals surface area contributed by atoms with E-state index in [2.05, 4.69) is 15.5 Å². The normalized spacial score (nSPS) is 25.5. The van der Waals surface area contributed by atoms with Gasteiger partial charge >= 0.3 is 0 Å². The Hall–Kier alpha value is -2.09. The van der Waals surface area contributed by atoms with Crippen molar-refractivity contribution in [3.05, 3.63) is 11.8 Å². The summed E-state index contributed by atoms with van der Waals surface area (Å²) in [4.78, 5) is 31.5. The fourth-order valence-corrected chi connectivity index (χ4v) is 3.57. The van der Waals surface area contributed by atoms with Crippen LogP contribution in [0.25, 0.3) is 0 Å². The lowest BCUT2D eigenvalue weighted by molar-refractivity contribution is -0.134. The quantitative estimate of drug-likeness (QED) is 0.654. The van der Waals surface area contributed by atoms with E-state index in [4.69, 9.17) is 12.3 Å². The Morgan fingerprint density at radius 3 is 2.74 bits per heavy atom. The number of hydrogen-bond donors (Lipinski definition) is 2. The number of amides is 2. The number of amidine groups is 1. The van der Waals surface area contributed by atoms with Crippen molar-refractivity contribution < 1.29 is 19.2 Å². The zero-order valence-corrected chi connectivity index (χ0v) is 16.0. The molecule has 141 valence electrons. The smallest absolute Gasteiger partial charge is 0.252 e. The third-order valence-electron chi connectivity index (χ3n) is 5.03. The number of rotatable bonds is 5. The zero-order chi connectivity index (χ0) is 19.9.